The molecular formula is C51H51BrN6O12S. The van der Waals surface area contributed by atoms with Crippen LogP contribution >= 0.6 is 27.3 Å². The van der Waals surface area contributed by atoms with E-state index in [1.807, 2.05) is 0 Å². The van der Waals surface area contributed by atoms with Crippen molar-refractivity contribution < 1.29 is 57.7 Å². The molecule has 7 atom stereocenters. The van der Waals surface area contributed by atoms with E-state index in [0.717, 1.165) is 18.3 Å². The smallest absolute Gasteiger partial charge is 0.326 e. The van der Waals surface area contributed by atoms with Crippen LogP contribution in [-0.4, -0.2) is 101 Å². The van der Waals surface area contributed by atoms with Gasteiger partial charge in [0.15, 0.2) is 0 Å². The van der Waals surface area contributed by atoms with Gasteiger partial charge in [0.1, 0.15) is 30.2 Å². The van der Waals surface area contributed by atoms with E-state index >= 15 is 0 Å². The van der Waals surface area contributed by atoms with Crippen LogP contribution in [0, 0.1) is 0 Å². The molecule has 0 saturated carbocycles. The van der Waals surface area contributed by atoms with Gasteiger partial charge in [-0.1, -0.05) is 107 Å². The van der Waals surface area contributed by atoms with Crippen LogP contribution in [-0.2, 0) is 84.7 Å². The third-order valence-corrected chi connectivity index (χ3v) is 12.5. The number of carbonyl (C=O) groups excluding carboxylic acids is 8. The molecule has 2 bridgehead atoms. The summed E-state index contributed by atoms with van der Waals surface area (Å²) in [6.45, 7) is 1.95. The lowest BCUT2D eigenvalue weighted by atomic mass is 10.00. The molecular weight excluding hydrogens is 1000 g/mol. The molecule has 370 valence electrons. The van der Waals surface area contributed by atoms with Crippen molar-refractivity contribution >= 4 is 86.3 Å². The Morgan fingerprint density at radius 3 is 1.66 bits per heavy atom. The Labute approximate surface area is 420 Å². The SMILES string of the molecule is CC(=O)O[C@H]1C(=O)Nc2ccc(cc2)C[C@H](C(=O)N[C@@H](Cc2ccccc2)C(=O)O)NC(=O)[C@@H](Cc2ccccc2)NC(=O)[C@H](Cc2ccc(Br)cc2)NC(=O)[C@@H](Cc2cccs2)NC(=O)[C@@H]1OC(C)=O. The number of amides is 6. The number of hydrogen-bond donors (Lipinski definition) is 7. The van der Waals surface area contributed by atoms with Crippen LogP contribution in [0.5, 0.6) is 0 Å². The number of ether oxygens (including phenoxy) is 2. The lowest BCUT2D eigenvalue weighted by Gasteiger charge is -2.28. The average Bonchev–Trinajstić information content (AvgIpc) is 3.86. The summed E-state index contributed by atoms with van der Waals surface area (Å²) in [4.78, 5) is 125. The van der Waals surface area contributed by atoms with E-state index in [2.05, 4.69) is 47.8 Å². The molecule has 20 heteroatoms. The highest BCUT2D eigenvalue weighted by Crippen LogP contribution is 2.19. The molecule has 0 saturated heterocycles. The fraction of sp³-hybridized carbons (Fsp3) is 0.275. The largest absolute Gasteiger partial charge is 0.480 e. The lowest BCUT2D eigenvalue weighted by Crippen LogP contribution is -2.61. The number of anilines is 1. The minimum Gasteiger partial charge on any atom is -0.480 e. The van der Waals surface area contributed by atoms with Crippen molar-refractivity contribution in [2.24, 2.45) is 0 Å². The molecule has 71 heavy (non-hydrogen) atoms. The van der Waals surface area contributed by atoms with E-state index in [1.54, 1.807) is 102 Å². The molecule has 0 radical (unpaired) electrons. The summed E-state index contributed by atoms with van der Waals surface area (Å²) in [6.07, 6.45) is -4.91. The van der Waals surface area contributed by atoms with Gasteiger partial charge in [0.25, 0.3) is 11.8 Å². The number of halogens is 1. The highest BCUT2D eigenvalue weighted by atomic mass is 79.9. The summed E-state index contributed by atoms with van der Waals surface area (Å²) < 4.78 is 11.4. The van der Waals surface area contributed by atoms with Crippen LogP contribution in [0.3, 0.4) is 0 Å². The van der Waals surface area contributed by atoms with Crippen molar-refractivity contribution in [2.45, 2.75) is 88.4 Å². The van der Waals surface area contributed by atoms with E-state index in [9.17, 15) is 48.3 Å². The van der Waals surface area contributed by atoms with Crippen LogP contribution in [0.15, 0.2) is 131 Å². The lowest BCUT2D eigenvalue weighted by molar-refractivity contribution is -0.173. The van der Waals surface area contributed by atoms with Crippen molar-refractivity contribution in [2.75, 3.05) is 5.32 Å². The second-order valence-corrected chi connectivity index (χ2v) is 18.5. The zero-order valence-electron chi connectivity index (χ0n) is 38.4. The number of fused-ring (bicyclic) bond motifs is 18. The molecule has 18 nitrogen and oxygen atoms in total. The standard InChI is InChI=1S/C51H51BrN6O12S/c1-29(59)69-43-44(70-30(2)60)50(66)57-41(28-37-14-9-23-71-37)48(64)56-39(25-33-15-19-35(52)20-16-33)46(62)54-38(24-31-10-5-3-6-11-31)45(61)55-40(26-34-17-21-36(22-18-34)53-49(43)65)47(63)58-42(51(67)68)27-32-12-7-4-8-13-32/h3-23,38-44H,24-28H2,1-2H3,(H,53,65)(H,54,62)(H,55,61)(H,56,64)(H,57,66)(H,58,63)(H,67,68)/t38-,39+,40-,41-,42+,43-,44-/m1/s1. The van der Waals surface area contributed by atoms with Crippen LogP contribution in [0.2, 0.25) is 0 Å². The molecule has 7 rings (SSSR count). The van der Waals surface area contributed by atoms with E-state index < -0.39 is 95.8 Å². The number of benzene rings is 4. The van der Waals surface area contributed by atoms with Gasteiger partial charge in [0.2, 0.25) is 35.8 Å². The zero-order chi connectivity index (χ0) is 51.0. The third kappa shape index (κ3) is 15.9. The number of aliphatic carboxylic acids is 1. The zero-order valence-corrected chi connectivity index (χ0v) is 40.8. The summed E-state index contributed by atoms with van der Waals surface area (Å²) in [7, 11) is 0. The molecule has 3 heterocycles. The maximum Gasteiger partial charge on any atom is 0.326 e. The summed E-state index contributed by atoms with van der Waals surface area (Å²) in [5.74, 6) is -9.08. The maximum absolute atomic E-state index is 14.7. The highest BCUT2D eigenvalue weighted by Gasteiger charge is 2.42. The van der Waals surface area contributed by atoms with Gasteiger partial charge in [0, 0.05) is 61.0 Å². The summed E-state index contributed by atoms with van der Waals surface area (Å²) >= 11 is 4.66. The van der Waals surface area contributed by atoms with Crippen molar-refractivity contribution in [3.05, 3.63) is 158 Å². The number of carbonyl (C=O) groups is 9. The quantitative estimate of drug-likeness (QED) is 0.0662. The third-order valence-electron chi connectivity index (χ3n) is 11.1. The molecule has 1 aromatic heterocycles. The first-order chi connectivity index (χ1) is 34.0. The van der Waals surface area contributed by atoms with Crippen molar-refractivity contribution in [1.82, 2.24) is 26.6 Å². The van der Waals surface area contributed by atoms with E-state index in [-0.39, 0.29) is 37.8 Å². The number of hydrogen-bond acceptors (Lipinski definition) is 12. The molecule has 0 fully saturated rings. The number of thiophene rings is 1. The first-order valence-corrected chi connectivity index (χ1v) is 24.0. The number of esters is 2. The van der Waals surface area contributed by atoms with Crippen LogP contribution in [0.4, 0.5) is 5.69 Å². The van der Waals surface area contributed by atoms with Crippen LogP contribution in [0.25, 0.3) is 0 Å². The van der Waals surface area contributed by atoms with Crippen LogP contribution in [0.1, 0.15) is 41.0 Å². The highest BCUT2D eigenvalue weighted by molar-refractivity contribution is 9.10. The van der Waals surface area contributed by atoms with Gasteiger partial charge in [0.05, 0.1) is 0 Å². The Balaban J connectivity index is 1.44. The summed E-state index contributed by atoms with van der Waals surface area (Å²) in [6, 6.07) is 26.3. The summed E-state index contributed by atoms with van der Waals surface area (Å²) in [5, 5.41) is 27.9. The minimum absolute atomic E-state index is 0.0862. The Morgan fingerprint density at radius 1 is 0.620 bits per heavy atom. The number of carboxylic acid groups (broad SMARTS) is 1. The van der Waals surface area contributed by atoms with E-state index in [0.29, 0.717) is 27.1 Å². The maximum atomic E-state index is 14.7. The predicted molar refractivity (Wildman–Crippen MR) is 263 cm³/mol. The fourth-order valence-corrected chi connectivity index (χ4v) is 8.62. The first kappa shape index (κ1) is 52.7. The number of carboxylic acids is 1. The Hall–Kier alpha value is -7.71. The summed E-state index contributed by atoms with van der Waals surface area (Å²) in [5.41, 5.74) is 2.33. The molecule has 2 aliphatic rings. The molecule has 0 spiro atoms. The molecule has 2 aliphatic heterocycles. The van der Waals surface area contributed by atoms with Gasteiger partial charge in [-0.05, 0) is 58.0 Å². The van der Waals surface area contributed by atoms with Gasteiger partial charge < -0.3 is 46.5 Å². The normalized spacial score (nSPS) is 20.6. The van der Waals surface area contributed by atoms with Crippen LogP contribution < -0.4 is 31.9 Å². The number of nitrogens with one attached hydrogen (secondary N) is 6. The second-order valence-electron chi connectivity index (χ2n) is 16.6. The monoisotopic (exact) mass is 1050 g/mol. The average molecular weight is 1050 g/mol. The molecule has 7 N–H and O–H groups in total. The van der Waals surface area contributed by atoms with Crippen molar-refractivity contribution in [3.8, 4) is 0 Å². The predicted octanol–water partition coefficient (Wildman–Crippen LogP) is 3.35. The van der Waals surface area contributed by atoms with Gasteiger partial charge >= 0.3 is 17.9 Å². The topological polar surface area (TPSA) is 264 Å². The first-order valence-electron chi connectivity index (χ1n) is 22.3. The molecule has 0 unspecified atom stereocenters. The Bertz CT molecular complexity index is 2690. The van der Waals surface area contributed by atoms with E-state index in [4.69, 9.17) is 9.47 Å². The van der Waals surface area contributed by atoms with Gasteiger partial charge in [-0.25, -0.2) is 4.79 Å². The number of rotatable bonds is 13. The molecule has 4 aromatic carbocycles. The van der Waals surface area contributed by atoms with Gasteiger partial charge in [-0.3, -0.25) is 38.4 Å². The van der Waals surface area contributed by atoms with Crippen molar-refractivity contribution in [3.63, 3.8) is 0 Å². The fourth-order valence-electron chi connectivity index (χ4n) is 7.60. The van der Waals surface area contributed by atoms with E-state index in [1.165, 1.54) is 35.6 Å². The van der Waals surface area contributed by atoms with Crippen molar-refractivity contribution in [1.29, 1.82) is 0 Å². The van der Waals surface area contributed by atoms with Gasteiger partial charge in [-0.15, -0.1) is 11.3 Å². The Kier molecular flexibility index (Phi) is 18.7. The molecule has 0 aliphatic carbocycles. The Morgan fingerprint density at radius 2 is 1.13 bits per heavy atom. The minimum atomic E-state index is -2.13. The molecule has 6 amide bonds. The molecule has 5 aromatic rings. The van der Waals surface area contributed by atoms with Gasteiger partial charge in [-0.2, -0.15) is 0 Å². The second kappa shape index (κ2) is 25.2.